The lowest BCUT2D eigenvalue weighted by Gasteiger charge is -2.16. The van der Waals surface area contributed by atoms with Crippen LogP contribution < -0.4 is 9.47 Å². The van der Waals surface area contributed by atoms with E-state index >= 15 is 0 Å². The van der Waals surface area contributed by atoms with Gasteiger partial charge in [-0.15, -0.1) is 0 Å². The maximum Gasteiger partial charge on any atom is 0.131 e. The predicted octanol–water partition coefficient (Wildman–Crippen LogP) is 7.48. The lowest BCUT2D eigenvalue weighted by molar-refractivity contribution is 0.242. The minimum atomic E-state index is 0.0956. The quantitative estimate of drug-likeness (QED) is 0.337. The highest BCUT2D eigenvalue weighted by molar-refractivity contribution is 5.76. The number of rotatable bonds is 6. The Bertz CT molecular complexity index is 1100. The fraction of sp³-hybridized carbons (Fsp3) is 0.143. The first-order valence-corrected chi connectivity index (χ1v) is 10.2. The topological polar surface area (TPSA) is 18.5 Å². The molecule has 30 heavy (non-hydrogen) atoms. The second-order valence-electron chi connectivity index (χ2n) is 7.55. The van der Waals surface area contributed by atoms with Crippen molar-refractivity contribution < 1.29 is 9.47 Å². The van der Waals surface area contributed by atoms with Crippen LogP contribution in [0, 0.1) is 0 Å². The van der Waals surface area contributed by atoms with Crippen LogP contribution in [0.2, 0.25) is 0 Å². The van der Waals surface area contributed by atoms with Gasteiger partial charge >= 0.3 is 0 Å². The number of hydrogen-bond donors (Lipinski definition) is 0. The molecule has 0 spiro atoms. The van der Waals surface area contributed by atoms with Gasteiger partial charge in [-0.25, -0.2) is 0 Å². The Hall–Kier alpha value is -3.52. The van der Waals surface area contributed by atoms with Crippen molar-refractivity contribution >= 4 is 0 Å². The molecule has 0 aromatic heterocycles. The SMILES string of the molecule is COc1ccc(-c2ccc(-c3ccc(-c4ccccc4)cc3)cc2)c(OC(C)C)c1. The van der Waals surface area contributed by atoms with Gasteiger partial charge in [0.1, 0.15) is 11.5 Å². The van der Waals surface area contributed by atoms with Gasteiger partial charge < -0.3 is 9.47 Å². The van der Waals surface area contributed by atoms with Crippen molar-refractivity contribution in [2.75, 3.05) is 7.11 Å². The van der Waals surface area contributed by atoms with E-state index in [-0.39, 0.29) is 6.10 Å². The zero-order valence-electron chi connectivity index (χ0n) is 17.6. The summed E-state index contributed by atoms with van der Waals surface area (Å²) in [6.45, 7) is 4.07. The van der Waals surface area contributed by atoms with E-state index in [0.717, 1.165) is 22.6 Å². The molecular formula is C28H26O2. The van der Waals surface area contributed by atoms with E-state index in [2.05, 4.69) is 78.9 Å². The van der Waals surface area contributed by atoms with E-state index in [0.29, 0.717) is 0 Å². The van der Waals surface area contributed by atoms with Crippen molar-refractivity contribution in [2.24, 2.45) is 0 Å². The van der Waals surface area contributed by atoms with Crippen LogP contribution in [0.5, 0.6) is 11.5 Å². The summed E-state index contributed by atoms with van der Waals surface area (Å²) in [5, 5.41) is 0. The average Bonchev–Trinajstić information content (AvgIpc) is 2.79. The Morgan fingerprint density at radius 1 is 0.567 bits per heavy atom. The Kier molecular flexibility index (Phi) is 5.85. The van der Waals surface area contributed by atoms with Gasteiger partial charge in [0.2, 0.25) is 0 Å². The van der Waals surface area contributed by atoms with Crippen LogP contribution in [0.4, 0.5) is 0 Å². The summed E-state index contributed by atoms with van der Waals surface area (Å²) in [6, 6.07) is 33.8. The molecule has 0 fully saturated rings. The molecule has 4 aromatic carbocycles. The van der Waals surface area contributed by atoms with Crippen LogP contribution in [0.3, 0.4) is 0 Å². The molecular weight excluding hydrogens is 368 g/mol. The molecule has 0 N–H and O–H groups in total. The number of benzene rings is 4. The first-order valence-electron chi connectivity index (χ1n) is 10.2. The number of ether oxygens (including phenoxy) is 2. The van der Waals surface area contributed by atoms with Gasteiger partial charge in [-0.05, 0) is 53.8 Å². The monoisotopic (exact) mass is 394 g/mol. The molecule has 0 radical (unpaired) electrons. The van der Waals surface area contributed by atoms with Crippen molar-refractivity contribution in [2.45, 2.75) is 20.0 Å². The Morgan fingerprint density at radius 3 is 1.57 bits per heavy atom. The normalized spacial score (nSPS) is 10.8. The molecule has 0 aliphatic carbocycles. The molecule has 0 heterocycles. The zero-order chi connectivity index (χ0) is 20.9. The van der Waals surface area contributed by atoms with Crippen LogP contribution in [0.15, 0.2) is 97.1 Å². The molecule has 0 saturated heterocycles. The Balaban J connectivity index is 1.60. The third-order valence-electron chi connectivity index (χ3n) is 5.07. The highest BCUT2D eigenvalue weighted by Gasteiger charge is 2.10. The van der Waals surface area contributed by atoms with Crippen molar-refractivity contribution in [3.05, 3.63) is 97.1 Å². The molecule has 150 valence electrons. The van der Waals surface area contributed by atoms with Gasteiger partial charge in [0, 0.05) is 11.6 Å². The standard InChI is InChI=1S/C28H26O2/c1-20(2)30-28-19-26(29-3)17-18-27(28)25-15-13-24(14-16-25)23-11-9-22(10-12-23)21-7-5-4-6-8-21/h4-20H,1-3H3. The molecule has 2 nitrogen and oxygen atoms in total. The van der Waals surface area contributed by atoms with Crippen LogP contribution in [-0.2, 0) is 0 Å². The number of methoxy groups -OCH3 is 1. The fourth-order valence-electron chi connectivity index (χ4n) is 3.55. The van der Waals surface area contributed by atoms with Gasteiger partial charge in [0.15, 0.2) is 0 Å². The first kappa shape index (κ1) is 19.8. The third kappa shape index (κ3) is 4.38. The summed E-state index contributed by atoms with van der Waals surface area (Å²) in [6.07, 6.45) is 0.0956. The van der Waals surface area contributed by atoms with Gasteiger partial charge in [0.05, 0.1) is 13.2 Å². The lowest BCUT2D eigenvalue weighted by atomic mass is 9.97. The molecule has 0 aliphatic rings. The minimum absolute atomic E-state index is 0.0956. The second-order valence-corrected chi connectivity index (χ2v) is 7.55. The summed E-state index contributed by atoms with van der Waals surface area (Å²) in [5.41, 5.74) is 7.04. The molecule has 0 bridgehead atoms. The second kappa shape index (κ2) is 8.87. The summed E-state index contributed by atoms with van der Waals surface area (Å²) in [7, 11) is 1.67. The highest BCUT2D eigenvalue weighted by Crippen LogP contribution is 2.35. The molecule has 2 heteroatoms. The van der Waals surface area contributed by atoms with E-state index in [1.807, 2.05) is 32.0 Å². The maximum absolute atomic E-state index is 6.03. The molecule has 0 unspecified atom stereocenters. The van der Waals surface area contributed by atoms with Crippen molar-refractivity contribution in [1.29, 1.82) is 0 Å². The van der Waals surface area contributed by atoms with E-state index in [1.54, 1.807) is 7.11 Å². The smallest absolute Gasteiger partial charge is 0.131 e. The van der Waals surface area contributed by atoms with Crippen LogP contribution in [0.25, 0.3) is 33.4 Å². The van der Waals surface area contributed by atoms with Crippen LogP contribution in [-0.4, -0.2) is 13.2 Å². The maximum atomic E-state index is 6.03. The first-order chi connectivity index (χ1) is 14.6. The minimum Gasteiger partial charge on any atom is -0.497 e. The van der Waals surface area contributed by atoms with Gasteiger partial charge in [-0.2, -0.15) is 0 Å². The van der Waals surface area contributed by atoms with Crippen LogP contribution in [0.1, 0.15) is 13.8 Å². The summed E-state index contributed by atoms with van der Waals surface area (Å²) in [4.78, 5) is 0. The van der Waals surface area contributed by atoms with E-state index < -0.39 is 0 Å². The average molecular weight is 395 g/mol. The number of hydrogen-bond acceptors (Lipinski definition) is 2. The fourth-order valence-corrected chi connectivity index (χ4v) is 3.55. The van der Waals surface area contributed by atoms with E-state index in [9.17, 15) is 0 Å². The molecule has 4 rings (SSSR count). The van der Waals surface area contributed by atoms with Crippen LogP contribution >= 0.6 is 0 Å². The van der Waals surface area contributed by atoms with E-state index in [4.69, 9.17) is 9.47 Å². The Labute approximate surface area is 178 Å². The molecule has 0 amide bonds. The lowest BCUT2D eigenvalue weighted by Crippen LogP contribution is -2.06. The Morgan fingerprint density at radius 2 is 1.07 bits per heavy atom. The molecule has 0 saturated carbocycles. The molecule has 0 atom stereocenters. The largest absolute Gasteiger partial charge is 0.497 e. The van der Waals surface area contributed by atoms with Gasteiger partial charge in [-0.3, -0.25) is 0 Å². The summed E-state index contributed by atoms with van der Waals surface area (Å²) >= 11 is 0. The molecule has 0 aliphatic heterocycles. The van der Waals surface area contributed by atoms with Crippen molar-refractivity contribution in [3.63, 3.8) is 0 Å². The summed E-state index contributed by atoms with van der Waals surface area (Å²) < 4.78 is 11.4. The van der Waals surface area contributed by atoms with Gasteiger partial charge in [-0.1, -0.05) is 78.9 Å². The molecule has 4 aromatic rings. The third-order valence-corrected chi connectivity index (χ3v) is 5.07. The van der Waals surface area contributed by atoms with Crippen molar-refractivity contribution in [3.8, 4) is 44.9 Å². The highest BCUT2D eigenvalue weighted by atomic mass is 16.5. The van der Waals surface area contributed by atoms with Gasteiger partial charge in [0.25, 0.3) is 0 Å². The van der Waals surface area contributed by atoms with E-state index in [1.165, 1.54) is 22.3 Å². The zero-order valence-corrected chi connectivity index (χ0v) is 17.6. The summed E-state index contributed by atoms with van der Waals surface area (Å²) in [5.74, 6) is 1.63. The van der Waals surface area contributed by atoms with Crippen molar-refractivity contribution in [1.82, 2.24) is 0 Å². The predicted molar refractivity (Wildman–Crippen MR) is 125 cm³/mol.